The zero-order valence-corrected chi connectivity index (χ0v) is 14.9. The minimum atomic E-state index is -4.64. The first-order chi connectivity index (χ1) is 12.5. The molecule has 27 heavy (non-hydrogen) atoms. The SMILES string of the molecule is CC(C)(O)CCc1cc(C#N)ccc1C#Cc1ccc(O)cc1C(F)(F)F. The van der Waals surface area contributed by atoms with E-state index in [0.29, 0.717) is 35.6 Å². The molecule has 0 aromatic heterocycles. The van der Waals surface area contributed by atoms with Gasteiger partial charge in [0.1, 0.15) is 5.75 Å². The molecule has 0 unspecified atom stereocenters. The molecular weight excluding hydrogens is 355 g/mol. The first-order valence-electron chi connectivity index (χ1n) is 8.17. The van der Waals surface area contributed by atoms with E-state index in [4.69, 9.17) is 5.26 Å². The number of alkyl halides is 3. The Morgan fingerprint density at radius 2 is 1.63 bits per heavy atom. The van der Waals surface area contributed by atoms with Crippen molar-refractivity contribution in [1.29, 1.82) is 5.26 Å². The monoisotopic (exact) mass is 373 g/mol. The molecule has 6 heteroatoms. The van der Waals surface area contributed by atoms with E-state index in [-0.39, 0.29) is 5.56 Å². The van der Waals surface area contributed by atoms with Gasteiger partial charge in [0.2, 0.25) is 0 Å². The van der Waals surface area contributed by atoms with Crippen molar-refractivity contribution in [3.05, 3.63) is 64.2 Å². The van der Waals surface area contributed by atoms with Crippen molar-refractivity contribution in [1.82, 2.24) is 0 Å². The van der Waals surface area contributed by atoms with Gasteiger partial charge in [0.05, 0.1) is 22.8 Å². The molecule has 0 atom stereocenters. The highest BCUT2D eigenvalue weighted by Crippen LogP contribution is 2.33. The lowest BCUT2D eigenvalue weighted by Gasteiger charge is -2.17. The first-order valence-corrected chi connectivity index (χ1v) is 8.17. The Labute approximate surface area is 155 Å². The van der Waals surface area contributed by atoms with Gasteiger partial charge >= 0.3 is 6.18 Å². The van der Waals surface area contributed by atoms with Crippen molar-refractivity contribution in [2.24, 2.45) is 0 Å². The van der Waals surface area contributed by atoms with Crippen molar-refractivity contribution in [3.8, 4) is 23.7 Å². The third kappa shape index (κ3) is 5.77. The van der Waals surface area contributed by atoms with Crippen molar-refractivity contribution >= 4 is 0 Å². The van der Waals surface area contributed by atoms with Crippen molar-refractivity contribution < 1.29 is 23.4 Å². The molecular formula is C21H18F3NO2. The maximum Gasteiger partial charge on any atom is 0.417 e. The normalized spacial score (nSPS) is 11.4. The molecule has 0 radical (unpaired) electrons. The molecule has 0 saturated carbocycles. The summed E-state index contributed by atoms with van der Waals surface area (Å²) in [6.07, 6.45) is -3.81. The summed E-state index contributed by atoms with van der Waals surface area (Å²) in [7, 11) is 0. The molecule has 3 nitrogen and oxygen atoms in total. The third-order valence-electron chi connectivity index (χ3n) is 3.88. The summed E-state index contributed by atoms with van der Waals surface area (Å²) < 4.78 is 39.4. The van der Waals surface area contributed by atoms with Crippen LogP contribution in [0.3, 0.4) is 0 Å². The number of phenolic OH excluding ortho intramolecular Hbond substituents is 1. The molecule has 0 heterocycles. The van der Waals surface area contributed by atoms with Crippen LogP contribution in [0.4, 0.5) is 13.2 Å². The van der Waals surface area contributed by atoms with Gasteiger partial charge in [0.15, 0.2) is 0 Å². The number of phenols is 1. The highest BCUT2D eigenvalue weighted by molar-refractivity contribution is 5.53. The number of benzene rings is 2. The van der Waals surface area contributed by atoms with Crippen LogP contribution in [0.1, 0.15) is 48.1 Å². The summed E-state index contributed by atoms with van der Waals surface area (Å²) in [5.41, 5.74) is -0.615. The number of halogens is 3. The highest BCUT2D eigenvalue weighted by atomic mass is 19.4. The number of rotatable bonds is 3. The lowest BCUT2D eigenvalue weighted by molar-refractivity contribution is -0.137. The molecule has 2 aromatic rings. The van der Waals surface area contributed by atoms with Crippen molar-refractivity contribution in [2.45, 2.75) is 38.5 Å². The summed E-state index contributed by atoms with van der Waals surface area (Å²) in [5.74, 6) is 4.75. The topological polar surface area (TPSA) is 64.2 Å². The summed E-state index contributed by atoms with van der Waals surface area (Å²) >= 11 is 0. The van der Waals surface area contributed by atoms with Gasteiger partial charge in [-0.15, -0.1) is 0 Å². The molecule has 0 fully saturated rings. The van der Waals surface area contributed by atoms with Crippen LogP contribution in [0.2, 0.25) is 0 Å². The Bertz CT molecular complexity index is 939. The summed E-state index contributed by atoms with van der Waals surface area (Å²) in [5, 5.41) is 28.3. The fourth-order valence-electron chi connectivity index (χ4n) is 2.44. The van der Waals surface area contributed by atoms with Gasteiger partial charge < -0.3 is 10.2 Å². The van der Waals surface area contributed by atoms with Crippen LogP contribution in [0.15, 0.2) is 36.4 Å². The lowest BCUT2D eigenvalue weighted by Crippen LogP contribution is -2.19. The zero-order chi connectivity index (χ0) is 20.2. The second-order valence-corrected chi connectivity index (χ2v) is 6.77. The van der Waals surface area contributed by atoms with E-state index < -0.39 is 23.1 Å². The van der Waals surface area contributed by atoms with Crippen LogP contribution < -0.4 is 0 Å². The lowest BCUT2D eigenvalue weighted by atomic mass is 9.94. The smallest absolute Gasteiger partial charge is 0.417 e. The third-order valence-corrected chi connectivity index (χ3v) is 3.88. The van der Waals surface area contributed by atoms with Gasteiger partial charge in [-0.25, -0.2) is 0 Å². The molecule has 0 amide bonds. The van der Waals surface area contributed by atoms with Gasteiger partial charge in [-0.05, 0) is 68.7 Å². The van der Waals surface area contributed by atoms with Gasteiger partial charge in [-0.1, -0.05) is 11.8 Å². The second kappa shape index (κ2) is 7.73. The number of hydrogen-bond acceptors (Lipinski definition) is 3. The first kappa shape index (κ1) is 20.4. The van der Waals surface area contributed by atoms with Crippen LogP contribution >= 0.6 is 0 Å². The molecule has 0 aliphatic rings. The Hall–Kier alpha value is -2.96. The molecule has 0 bridgehead atoms. The average molecular weight is 373 g/mol. The number of nitrogens with zero attached hydrogens (tertiary/aromatic N) is 1. The quantitative estimate of drug-likeness (QED) is 0.785. The Kier molecular flexibility index (Phi) is 5.83. The fourth-order valence-corrected chi connectivity index (χ4v) is 2.44. The molecule has 0 spiro atoms. The average Bonchev–Trinajstić information content (AvgIpc) is 2.57. The standard InChI is InChI=1S/C21H18F3NO2/c1-20(2,27)10-9-17-11-14(13-25)3-4-15(17)5-6-16-7-8-18(26)12-19(16)21(22,23)24/h3-4,7-8,11-12,26-27H,9-10H2,1-2H3. The van der Waals surface area contributed by atoms with E-state index in [2.05, 4.69) is 11.8 Å². The number of aliphatic hydroxyl groups is 1. The minimum Gasteiger partial charge on any atom is -0.508 e. The Balaban J connectivity index is 2.46. The summed E-state index contributed by atoms with van der Waals surface area (Å²) in [6.45, 7) is 3.30. The van der Waals surface area contributed by atoms with Crippen molar-refractivity contribution in [3.63, 3.8) is 0 Å². The van der Waals surface area contributed by atoms with Gasteiger partial charge in [-0.3, -0.25) is 0 Å². The van der Waals surface area contributed by atoms with E-state index in [0.717, 1.165) is 12.1 Å². The molecule has 2 aromatic carbocycles. The van der Waals surface area contributed by atoms with Gasteiger partial charge in [0.25, 0.3) is 0 Å². The van der Waals surface area contributed by atoms with Crippen molar-refractivity contribution in [2.75, 3.05) is 0 Å². The second-order valence-electron chi connectivity index (χ2n) is 6.77. The maximum absolute atomic E-state index is 13.1. The number of aromatic hydroxyl groups is 1. The van der Waals surface area contributed by atoms with E-state index in [9.17, 15) is 23.4 Å². The predicted octanol–water partition coefficient (Wildman–Crippen LogP) is 4.39. The Morgan fingerprint density at radius 3 is 2.22 bits per heavy atom. The Morgan fingerprint density at radius 1 is 1.00 bits per heavy atom. The van der Waals surface area contributed by atoms with E-state index in [1.54, 1.807) is 32.0 Å². The maximum atomic E-state index is 13.1. The fraction of sp³-hybridized carbons (Fsp3) is 0.286. The minimum absolute atomic E-state index is 0.252. The number of aryl methyl sites for hydroxylation is 1. The summed E-state index contributed by atoms with van der Waals surface area (Å²) in [6, 6.07) is 9.66. The largest absolute Gasteiger partial charge is 0.508 e. The molecule has 0 aliphatic heterocycles. The molecule has 2 N–H and O–H groups in total. The van der Waals surface area contributed by atoms with E-state index in [1.165, 1.54) is 0 Å². The summed E-state index contributed by atoms with van der Waals surface area (Å²) in [4.78, 5) is 0. The van der Waals surface area contributed by atoms with Crippen LogP contribution in [-0.2, 0) is 12.6 Å². The molecule has 140 valence electrons. The van der Waals surface area contributed by atoms with Gasteiger partial charge in [-0.2, -0.15) is 18.4 Å². The van der Waals surface area contributed by atoms with Crippen LogP contribution in [0.25, 0.3) is 0 Å². The van der Waals surface area contributed by atoms with Crippen LogP contribution in [0.5, 0.6) is 5.75 Å². The number of nitriles is 1. The van der Waals surface area contributed by atoms with Crippen LogP contribution in [0, 0.1) is 23.2 Å². The predicted molar refractivity (Wildman–Crippen MR) is 94.9 cm³/mol. The molecule has 2 rings (SSSR count). The molecule has 0 aliphatic carbocycles. The zero-order valence-electron chi connectivity index (χ0n) is 14.9. The van der Waals surface area contributed by atoms with E-state index >= 15 is 0 Å². The molecule has 0 saturated heterocycles. The number of hydrogen-bond donors (Lipinski definition) is 2. The highest BCUT2D eigenvalue weighted by Gasteiger charge is 2.33. The van der Waals surface area contributed by atoms with Crippen LogP contribution in [-0.4, -0.2) is 15.8 Å². The van der Waals surface area contributed by atoms with Gasteiger partial charge in [0, 0.05) is 11.1 Å². The van der Waals surface area contributed by atoms with E-state index in [1.807, 2.05) is 6.07 Å².